The van der Waals surface area contributed by atoms with Gasteiger partial charge in [0.2, 0.25) is 5.91 Å². The third-order valence-electron chi connectivity index (χ3n) is 2.81. The van der Waals surface area contributed by atoms with Crippen molar-refractivity contribution in [2.75, 3.05) is 6.54 Å². The molecular weight excluding hydrogens is 214 g/mol. The minimum absolute atomic E-state index is 0.394. The predicted molar refractivity (Wildman–Crippen MR) is 66.9 cm³/mol. The molecule has 1 aliphatic heterocycles. The fourth-order valence-electron chi connectivity index (χ4n) is 1.87. The van der Waals surface area contributed by atoms with E-state index >= 15 is 0 Å². The highest BCUT2D eigenvalue weighted by Gasteiger charge is 2.12. The van der Waals surface area contributed by atoms with Crippen molar-refractivity contribution in [2.24, 2.45) is 5.73 Å². The summed E-state index contributed by atoms with van der Waals surface area (Å²) in [5.74, 6) is -0.394. The maximum absolute atomic E-state index is 11.3. The van der Waals surface area contributed by atoms with Crippen molar-refractivity contribution < 1.29 is 4.79 Å². The van der Waals surface area contributed by atoms with Gasteiger partial charge >= 0.3 is 0 Å². The molecule has 4 heteroatoms. The third kappa shape index (κ3) is 2.72. The number of nitrogens with one attached hydrogen (secondary N) is 1. The first-order valence-electron chi connectivity index (χ1n) is 5.54. The van der Waals surface area contributed by atoms with Crippen LogP contribution in [0.15, 0.2) is 36.5 Å². The van der Waals surface area contributed by atoms with E-state index in [0.717, 1.165) is 18.5 Å². The lowest BCUT2D eigenvalue weighted by Crippen LogP contribution is -2.25. The Hall–Kier alpha value is -2.10. The zero-order valence-corrected chi connectivity index (χ0v) is 9.52. The number of carbonyl (C=O) groups is 1. The van der Waals surface area contributed by atoms with Gasteiger partial charge in [0.1, 0.15) is 0 Å². The van der Waals surface area contributed by atoms with Crippen LogP contribution in [-0.2, 0) is 6.54 Å². The van der Waals surface area contributed by atoms with E-state index in [1.807, 2.05) is 24.4 Å². The van der Waals surface area contributed by atoms with Gasteiger partial charge in [0.05, 0.1) is 0 Å². The Balaban J connectivity index is 2.16. The summed E-state index contributed by atoms with van der Waals surface area (Å²) in [6, 6.07) is 7.37. The van der Waals surface area contributed by atoms with Crippen LogP contribution in [0.2, 0.25) is 0 Å². The van der Waals surface area contributed by atoms with Gasteiger partial charge in [0.15, 0.2) is 0 Å². The highest BCUT2D eigenvalue weighted by Crippen LogP contribution is 2.13. The largest absolute Gasteiger partial charge is 0.373 e. The Morgan fingerprint density at radius 1 is 1.41 bits per heavy atom. The molecule has 2 rings (SSSR count). The molecule has 0 fully saturated rings. The van der Waals surface area contributed by atoms with Gasteiger partial charge in [-0.1, -0.05) is 18.2 Å². The molecular formula is C13H15N3O. The maximum Gasteiger partial charge on any atom is 0.249 e. The van der Waals surface area contributed by atoms with Gasteiger partial charge < -0.3 is 16.0 Å². The average Bonchev–Trinajstić information content (AvgIpc) is 2.32. The van der Waals surface area contributed by atoms with Crippen molar-refractivity contribution in [1.82, 2.24) is 4.90 Å². The van der Waals surface area contributed by atoms with Crippen LogP contribution in [0.1, 0.15) is 22.3 Å². The zero-order valence-electron chi connectivity index (χ0n) is 9.52. The molecule has 0 saturated carbocycles. The Morgan fingerprint density at radius 3 is 2.82 bits per heavy atom. The lowest BCUT2D eigenvalue weighted by Gasteiger charge is -2.24. The Labute approximate surface area is 100 Å². The molecule has 1 aromatic rings. The molecule has 0 bridgehead atoms. The zero-order chi connectivity index (χ0) is 12.3. The molecule has 0 saturated heterocycles. The molecule has 4 nitrogen and oxygen atoms in total. The second kappa shape index (κ2) is 4.82. The van der Waals surface area contributed by atoms with Crippen molar-refractivity contribution in [1.29, 1.82) is 5.41 Å². The van der Waals surface area contributed by atoms with E-state index in [4.69, 9.17) is 11.1 Å². The van der Waals surface area contributed by atoms with Gasteiger partial charge in [-0.2, -0.15) is 0 Å². The van der Waals surface area contributed by atoms with Crippen LogP contribution in [0.4, 0.5) is 0 Å². The van der Waals surface area contributed by atoms with Crippen LogP contribution in [0.3, 0.4) is 0 Å². The SMILES string of the molecule is N=C1C=CN(Cc2ccccc2C(N)=O)CC1. The fourth-order valence-corrected chi connectivity index (χ4v) is 1.87. The number of primary amides is 1. The number of nitrogens with zero attached hydrogens (tertiary/aromatic N) is 1. The van der Waals surface area contributed by atoms with Crippen molar-refractivity contribution in [3.05, 3.63) is 47.7 Å². The summed E-state index contributed by atoms with van der Waals surface area (Å²) in [4.78, 5) is 13.4. The summed E-state index contributed by atoms with van der Waals surface area (Å²) in [6.45, 7) is 1.46. The number of benzene rings is 1. The number of amides is 1. The minimum atomic E-state index is -0.394. The van der Waals surface area contributed by atoms with Gasteiger partial charge in [-0.25, -0.2) is 0 Å². The first-order valence-corrected chi connectivity index (χ1v) is 5.54. The summed E-state index contributed by atoms with van der Waals surface area (Å²) >= 11 is 0. The van der Waals surface area contributed by atoms with E-state index < -0.39 is 5.91 Å². The molecule has 0 spiro atoms. The van der Waals surface area contributed by atoms with Crippen LogP contribution in [0, 0.1) is 5.41 Å². The van der Waals surface area contributed by atoms with Crippen LogP contribution in [0.5, 0.6) is 0 Å². The number of allylic oxidation sites excluding steroid dienone is 1. The Kier molecular flexibility index (Phi) is 3.23. The Morgan fingerprint density at radius 2 is 2.18 bits per heavy atom. The predicted octanol–water partition coefficient (Wildman–Crippen LogP) is 1.52. The number of hydrogen-bond acceptors (Lipinski definition) is 3. The third-order valence-corrected chi connectivity index (χ3v) is 2.81. The van der Waals surface area contributed by atoms with Crippen molar-refractivity contribution in [3.63, 3.8) is 0 Å². The molecule has 1 amide bonds. The van der Waals surface area contributed by atoms with Crippen LogP contribution < -0.4 is 5.73 Å². The monoisotopic (exact) mass is 229 g/mol. The molecule has 0 atom stereocenters. The van der Waals surface area contributed by atoms with Gasteiger partial charge in [-0.05, 0) is 17.7 Å². The second-order valence-corrected chi connectivity index (χ2v) is 4.08. The normalized spacial score (nSPS) is 15.1. The molecule has 1 heterocycles. The molecule has 17 heavy (non-hydrogen) atoms. The lowest BCUT2D eigenvalue weighted by atomic mass is 10.1. The summed E-state index contributed by atoms with van der Waals surface area (Å²) < 4.78 is 0. The second-order valence-electron chi connectivity index (χ2n) is 4.08. The van der Waals surface area contributed by atoms with Gasteiger partial charge in [0, 0.05) is 37.0 Å². The summed E-state index contributed by atoms with van der Waals surface area (Å²) in [6.07, 6.45) is 4.43. The van der Waals surface area contributed by atoms with Crippen molar-refractivity contribution in [2.45, 2.75) is 13.0 Å². The first-order chi connectivity index (χ1) is 8.16. The average molecular weight is 229 g/mol. The minimum Gasteiger partial charge on any atom is -0.373 e. The summed E-state index contributed by atoms with van der Waals surface area (Å²) in [5.41, 5.74) is 7.47. The van der Waals surface area contributed by atoms with Crippen molar-refractivity contribution >= 4 is 11.6 Å². The van der Waals surface area contributed by atoms with Crippen molar-refractivity contribution in [3.8, 4) is 0 Å². The highest BCUT2D eigenvalue weighted by atomic mass is 16.1. The lowest BCUT2D eigenvalue weighted by molar-refractivity contribution is 0.0998. The number of rotatable bonds is 3. The van der Waals surface area contributed by atoms with Gasteiger partial charge in [-0.15, -0.1) is 0 Å². The molecule has 1 aliphatic rings. The fraction of sp³-hybridized carbons (Fsp3) is 0.231. The molecule has 0 unspecified atom stereocenters. The number of carbonyl (C=O) groups excluding carboxylic acids is 1. The maximum atomic E-state index is 11.3. The van der Waals surface area contributed by atoms with Crippen LogP contribution in [0.25, 0.3) is 0 Å². The van der Waals surface area contributed by atoms with Gasteiger partial charge in [-0.3, -0.25) is 4.79 Å². The van der Waals surface area contributed by atoms with E-state index in [1.54, 1.807) is 12.1 Å². The quantitative estimate of drug-likeness (QED) is 0.825. The van der Waals surface area contributed by atoms with E-state index in [0.29, 0.717) is 17.8 Å². The molecule has 0 aliphatic carbocycles. The molecule has 1 aromatic carbocycles. The first kappa shape index (κ1) is 11.4. The summed E-state index contributed by atoms with van der Waals surface area (Å²) in [7, 11) is 0. The highest BCUT2D eigenvalue weighted by molar-refractivity contribution is 5.94. The smallest absolute Gasteiger partial charge is 0.249 e. The molecule has 0 aromatic heterocycles. The number of hydrogen-bond donors (Lipinski definition) is 2. The van der Waals surface area contributed by atoms with E-state index in [1.165, 1.54) is 0 Å². The number of nitrogens with two attached hydrogens (primary N) is 1. The molecule has 3 N–H and O–H groups in total. The standard InChI is InChI=1S/C13H15N3O/c14-11-5-7-16(8-6-11)9-10-3-1-2-4-12(10)13(15)17/h1-5,7,14H,6,8-9H2,(H2,15,17). The Bertz CT molecular complexity index is 479. The van der Waals surface area contributed by atoms with Crippen LogP contribution in [-0.4, -0.2) is 23.1 Å². The summed E-state index contributed by atoms with van der Waals surface area (Å²) in [5, 5.41) is 7.48. The van der Waals surface area contributed by atoms with Gasteiger partial charge in [0.25, 0.3) is 0 Å². The van der Waals surface area contributed by atoms with Crippen LogP contribution >= 0.6 is 0 Å². The van der Waals surface area contributed by atoms with E-state index in [2.05, 4.69) is 4.90 Å². The topological polar surface area (TPSA) is 70.2 Å². The molecule has 88 valence electrons. The van der Waals surface area contributed by atoms with E-state index in [9.17, 15) is 4.79 Å². The molecule has 0 radical (unpaired) electrons. The van der Waals surface area contributed by atoms with E-state index in [-0.39, 0.29) is 0 Å².